The average molecular weight is 282 g/mol. The number of aliphatic hydroxyl groups is 1. The van der Waals surface area contributed by atoms with Gasteiger partial charge in [0.1, 0.15) is 0 Å². The average Bonchev–Trinajstić information content (AvgIpc) is 2.67. The van der Waals surface area contributed by atoms with E-state index in [1.54, 1.807) is 18.5 Å². The van der Waals surface area contributed by atoms with Crippen molar-refractivity contribution in [3.8, 4) is 0 Å². The van der Waals surface area contributed by atoms with E-state index in [4.69, 9.17) is 0 Å². The maximum absolute atomic E-state index is 11.1. The van der Waals surface area contributed by atoms with Crippen molar-refractivity contribution in [3.63, 3.8) is 0 Å². The Kier molecular flexibility index (Phi) is 3.99. The first-order valence-electron chi connectivity index (χ1n) is 6.95. The van der Waals surface area contributed by atoms with E-state index in [2.05, 4.69) is 17.2 Å². The quantitative estimate of drug-likeness (QED) is 0.650. The van der Waals surface area contributed by atoms with Gasteiger partial charge in [-0.05, 0) is 28.7 Å². The predicted octanol–water partition coefficient (Wildman–Crippen LogP) is 1.99. The largest absolute Gasteiger partial charge is 0.406 e. The molecule has 0 bridgehead atoms. The number of rotatable bonds is 4. The Morgan fingerprint density at radius 2 is 2.35 bits per heavy atom. The summed E-state index contributed by atoms with van der Waals surface area (Å²) in [7, 11) is 1.75. The molecule has 2 atom stereocenters. The van der Waals surface area contributed by atoms with Crippen LogP contribution in [0.1, 0.15) is 38.4 Å². The summed E-state index contributed by atoms with van der Waals surface area (Å²) >= 11 is 0. The second-order valence-electron chi connectivity index (χ2n) is 5.91. The van der Waals surface area contributed by atoms with Crippen molar-refractivity contribution < 1.29 is 10.0 Å². The lowest BCUT2D eigenvalue weighted by molar-refractivity contribution is -0.388. The number of nitro groups is 1. The van der Waals surface area contributed by atoms with Crippen molar-refractivity contribution in [1.82, 2.24) is 9.55 Å². The molecule has 7 nitrogen and oxygen atoms in total. The normalized spacial score (nSPS) is 26.5. The summed E-state index contributed by atoms with van der Waals surface area (Å²) in [6, 6.07) is 0. The summed E-state index contributed by atoms with van der Waals surface area (Å²) < 4.78 is 1.68. The fourth-order valence-electron chi connectivity index (χ4n) is 3.07. The zero-order chi connectivity index (χ0) is 14.9. The van der Waals surface area contributed by atoms with Gasteiger partial charge < -0.3 is 20.5 Å². The highest BCUT2D eigenvalue weighted by atomic mass is 16.6. The Labute approximate surface area is 118 Å². The first-order chi connectivity index (χ1) is 9.38. The molecule has 0 aromatic carbocycles. The maximum atomic E-state index is 11.1. The topological polar surface area (TPSA) is 93.2 Å². The van der Waals surface area contributed by atoms with Crippen LogP contribution in [0, 0.1) is 23.0 Å². The molecule has 1 aliphatic carbocycles. The van der Waals surface area contributed by atoms with Crippen LogP contribution in [-0.4, -0.2) is 31.7 Å². The van der Waals surface area contributed by atoms with Gasteiger partial charge in [0.05, 0.1) is 12.1 Å². The molecule has 1 aliphatic rings. The van der Waals surface area contributed by atoms with Crippen LogP contribution >= 0.6 is 0 Å². The molecular formula is C13H22N4O3. The molecule has 0 spiro atoms. The molecule has 1 saturated carbocycles. The minimum Gasteiger partial charge on any atom is -0.394 e. The molecule has 0 radical (unpaired) electrons. The summed E-state index contributed by atoms with van der Waals surface area (Å²) in [6.07, 6.45) is 3.77. The third-order valence-electron chi connectivity index (χ3n) is 4.25. The van der Waals surface area contributed by atoms with E-state index in [1.165, 1.54) is 0 Å². The Morgan fingerprint density at radius 1 is 1.65 bits per heavy atom. The van der Waals surface area contributed by atoms with Crippen LogP contribution in [-0.2, 0) is 7.05 Å². The van der Waals surface area contributed by atoms with Crippen molar-refractivity contribution >= 4 is 11.6 Å². The summed E-state index contributed by atoms with van der Waals surface area (Å²) in [5.74, 6) is 1.29. The van der Waals surface area contributed by atoms with Crippen LogP contribution in [0.5, 0.6) is 0 Å². The number of aryl methyl sites for hydroxylation is 1. The first kappa shape index (κ1) is 14.8. The molecule has 2 rings (SSSR count). The lowest BCUT2D eigenvalue weighted by Crippen LogP contribution is -2.46. The van der Waals surface area contributed by atoms with Crippen LogP contribution < -0.4 is 5.32 Å². The smallest absolute Gasteiger partial charge is 0.394 e. The lowest BCUT2D eigenvalue weighted by Gasteiger charge is -2.39. The van der Waals surface area contributed by atoms with Crippen molar-refractivity contribution in [2.75, 3.05) is 11.9 Å². The number of aromatic nitrogens is 2. The molecule has 112 valence electrons. The van der Waals surface area contributed by atoms with Gasteiger partial charge in [0.15, 0.2) is 0 Å². The minimum atomic E-state index is -0.483. The molecular weight excluding hydrogens is 260 g/mol. The highest BCUT2D eigenvalue weighted by Crippen LogP contribution is 2.37. The standard InChI is InChI=1S/C13H22N4O3/c1-9-5-4-6-13(7-9,8-18)15-12-11(17(19)20)14-10(2)16(12)3/h9,15,18H,4-8H2,1-3H3. The molecule has 2 N–H and O–H groups in total. The van der Waals surface area contributed by atoms with E-state index in [9.17, 15) is 15.2 Å². The lowest BCUT2D eigenvalue weighted by atomic mass is 9.77. The van der Waals surface area contributed by atoms with E-state index in [0.717, 1.165) is 25.7 Å². The van der Waals surface area contributed by atoms with Crippen LogP contribution in [0.3, 0.4) is 0 Å². The Bertz CT molecular complexity index is 514. The number of nitrogens with one attached hydrogen (secondary N) is 1. The van der Waals surface area contributed by atoms with Gasteiger partial charge in [-0.2, -0.15) is 0 Å². The molecule has 1 heterocycles. The van der Waals surface area contributed by atoms with Crippen LogP contribution in [0.15, 0.2) is 0 Å². The van der Waals surface area contributed by atoms with Crippen molar-refractivity contribution in [1.29, 1.82) is 0 Å². The van der Waals surface area contributed by atoms with E-state index < -0.39 is 10.5 Å². The number of hydrogen-bond donors (Lipinski definition) is 2. The summed E-state index contributed by atoms with van der Waals surface area (Å²) in [5, 5.41) is 24.1. The van der Waals surface area contributed by atoms with Crippen molar-refractivity contribution in [2.45, 2.75) is 45.1 Å². The Hall–Kier alpha value is -1.63. The zero-order valence-corrected chi connectivity index (χ0v) is 12.2. The number of imidazole rings is 1. The second-order valence-corrected chi connectivity index (χ2v) is 5.91. The van der Waals surface area contributed by atoms with E-state index in [1.807, 2.05) is 0 Å². The Balaban J connectivity index is 2.34. The van der Waals surface area contributed by atoms with Gasteiger partial charge in [-0.3, -0.25) is 4.57 Å². The fraction of sp³-hybridized carbons (Fsp3) is 0.769. The van der Waals surface area contributed by atoms with Gasteiger partial charge in [-0.15, -0.1) is 0 Å². The summed E-state index contributed by atoms with van der Waals surface area (Å²) in [4.78, 5) is 14.6. The molecule has 1 fully saturated rings. The molecule has 1 aromatic rings. The van der Waals surface area contributed by atoms with Gasteiger partial charge in [0, 0.05) is 14.0 Å². The van der Waals surface area contributed by atoms with E-state index in [0.29, 0.717) is 17.6 Å². The zero-order valence-electron chi connectivity index (χ0n) is 12.2. The van der Waals surface area contributed by atoms with Gasteiger partial charge in [-0.25, -0.2) is 0 Å². The highest BCUT2D eigenvalue weighted by Gasteiger charge is 2.37. The highest BCUT2D eigenvalue weighted by molar-refractivity contribution is 5.55. The fourth-order valence-corrected chi connectivity index (χ4v) is 3.07. The minimum absolute atomic E-state index is 0.0290. The van der Waals surface area contributed by atoms with Crippen molar-refractivity contribution in [3.05, 3.63) is 15.9 Å². The number of hydrogen-bond acceptors (Lipinski definition) is 5. The third-order valence-corrected chi connectivity index (χ3v) is 4.25. The number of nitrogens with zero attached hydrogens (tertiary/aromatic N) is 3. The molecule has 20 heavy (non-hydrogen) atoms. The van der Waals surface area contributed by atoms with Gasteiger partial charge in [0.2, 0.25) is 11.6 Å². The Morgan fingerprint density at radius 3 is 2.90 bits per heavy atom. The first-order valence-corrected chi connectivity index (χ1v) is 6.95. The third kappa shape index (κ3) is 2.63. The summed E-state index contributed by atoms with van der Waals surface area (Å²) in [5.41, 5.74) is -0.483. The van der Waals surface area contributed by atoms with E-state index in [-0.39, 0.29) is 12.4 Å². The molecule has 1 aromatic heterocycles. The summed E-state index contributed by atoms with van der Waals surface area (Å²) in [6.45, 7) is 3.85. The maximum Gasteiger partial charge on any atom is 0.406 e. The molecule has 0 saturated heterocycles. The molecule has 0 aliphatic heterocycles. The SMILES string of the molecule is Cc1nc([N+](=O)[O-])c(NC2(CO)CCCC(C)C2)n1C. The van der Waals surface area contributed by atoms with Crippen LogP contribution in [0.2, 0.25) is 0 Å². The van der Waals surface area contributed by atoms with Crippen LogP contribution in [0.4, 0.5) is 11.6 Å². The monoisotopic (exact) mass is 282 g/mol. The van der Waals surface area contributed by atoms with Gasteiger partial charge in [-0.1, -0.05) is 19.8 Å². The molecule has 7 heteroatoms. The molecule has 2 unspecified atom stereocenters. The molecule has 0 amide bonds. The number of anilines is 1. The predicted molar refractivity (Wildman–Crippen MR) is 75.7 cm³/mol. The van der Waals surface area contributed by atoms with Gasteiger partial charge in [0.25, 0.3) is 0 Å². The van der Waals surface area contributed by atoms with Gasteiger partial charge >= 0.3 is 5.82 Å². The number of aliphatic hydroxyl groups excluding tert-OH is 1. The van der Waals surface area contributed by atoms with E-state index >= 15 is 0 Å². The van der Waals surface area contributed by atoms with Crippen molar-refractivity contribution in [2.24, 2.45) is 13.0 Å². The van der Waals surface area contributed by atoms with Crippen LogP contribution in [0.25, 0.3) is 0 Å². The second kappa shape index (κ2) is 5.40.